The van der Waals surface area contributed by atoms with E-state index in [1.165, 1.54) is 16.7 Å². The van der Waals surface area contributed by atoms with Gasteiger partial charge in [-0.2, -0.15) is 0 Å². The maximum absolute atomic E-state index is 5.15. The zero-order valence-electron chi connectivity index (χ0n) is 6.45. The molecule has 0 aliphatic heterocycles. The molecule has 58 valence electrons. The highest BCUT2D eigenvalue weighted by Crippen LogP contribution is 2.35. The molecule has 0 unspecified atom stereocenters. The van der Waals surface area contributed by atoms with Crippen molar-refractivity contribution in [3.8, 4) is 11.3 Å². The molecule has 2 aromatic rings. The molecule has 3 rings (SSSR count). The van der Waals surface area contributed by atoms with E-state index in [0.717, 1.165) is 12.2 Å². The largest absolute Gasteiger partial charge is 0.356 e. The molecule has 1 aromatic heterocycles. The van der Waals surface area contributed by atoms with E-state index in [0.29, 0.717) is 0 Å². The van der Waals surface area contributed by atoms with Crippen LogP contribution in [0.25, 0.3) is 11.3 Å². The lowest BCUT2D eigenvalue weighted by Gasteiger charge is -1.94. The van der Waals surface area contributed by atoms with Crippen LogP contribution in [0.1, 0.15) is 11.1 Å². The molecule has 2 heteroatoms. The van der Waals surface area contributed by atoms with Crippen LogP contribution < -0.4 is 0 Å². The van der Waals surface area contributed by atoms with Gasteiger partial charge in [0.15, 0.2) is 5.76 Å². The molecule has 0 amide bonds. The van der Waals surface area contributed by atoms with Crippen molar-refractivity contribution in [1.82, 2.24) is 5.16 Å². The Balaban J connectivity index is 2.34. The second kappa shape index (κ2) is 1.97. The van der Waals surface area contributed by atoms with Gasteiger partial charge in [-0.1, -0.05) is 29.4 Å². The van der Waals surface area contributed by atoms with Crippen molar-refractivity contribution in [3.63, 3.8) is 0 Å². The van der Waals surface area contributed by atoms with Crippen LogP contribution in [0.2, 0.25) is 0 Å². The predicted octanol–water partition coefficient (Wildman–Crippen LogP) is 2.25. The monoisotopic (exact) mass is 157 g/mol. The Bertz CT molecular complexity index is 431. The molecule has 1 heterocycles. The van der Waals surface area contributed by atoms with Gasteiger partial charge in [-0.15, -0.1) is 0 Å². The number of fused-ring (bicyclic) bond motifs is 3. The highest BCUT2D eigenvalue weighted by molar-refractivity contribution is 5.71. The minimum atomic E-state index is 0.950. The minimum Gasteiger partial charge on any atom is -0.356 e. The lowest BCUT2D eigenvalue weighted by atomic mass is 10.1. The van der Waals surface area contributed by atoms with Crippen LogP contribution in [0.5, 0.6) is 0 Å². The van der Waals surface area contributed by atoms with E-state index in [1.54, 1.807) is 6.20 Å². The predicted molar refractivity (Wildman–Crippen MR) is 44.7 cm³/mol. The van der Waals surface area contributed by atoms with Crippen molar-refractivity contribution in [2.24, 2.45) is 0 Å². The van der Waals surface area contributed by atoms with Gasteiger partial charge < -0.3 is 4.52 Å². The second-order valence-electron chi connectivity index (χ2n) is 3.01. The number of nitrogens with zero attached hydrogens (tertiary/aromatic N) is 1. The van der Waals surface area contributed by atoms with Gasteiger partial charge in [0.1, 0.15) is 0 Å². The Labute approximate surface area is 69.8 Å². The Morgan fingerprint density at radius 2 is 2.08 bits per heavy atom. The summed E-state index contributed by atoms with van der Waals surface area (Å²) in [4.78, 5) is 0. The zero-order valence-corrected chi connectivity index (χ0v) is 6.45. The van der Waals surface area contributed by atoms with Gasteiger partial charge in [0.25, 0.3) is 0 Å². The Hall–Kier alpha value is -1.57. The quantitative estimate of drug-likeness (QED) is 0.500. The van der Waals surface area contributed by atoms with E-state index in [4.69, 9.17) is 4.52 Å². The first kappa shape index (κ1) is 6.00. The fourth-order valence-electron chi connectivity index (χ4n) is 1.71. The smallest absolute Gasteiger partial charge is 0.170 e. The van der Waals surface area contributed by atoms with Gasteiger partial charge in [0.2, 0.25) is 0 Å². The molecule has 1 aromatic carbocycles. The maximum atomic E-state index is 5.15. The van der Waals surface area contributed by atoms with Gasteiger partial charge >= 0.3 is 0 Å². The van der Waals surface area contributed by atoms with E-state index in [9.17, 15) is 0 Å². The molecule has 0 bridgehead atoms. The first-order chi connectivity index (χ1) is 5.95. The number of benzene rings is 1. The van der Waals surface area contributed by atoms with Crippen LogP contribution in [0.3, 0.4) is 0 Å². The average Bonchev–Trinajstić information content (AvgIpc) is 2.62. The van der Waals surface area contributed by atoms with E-state index < -0.39 is 0 Å². The molecule has 12 heavy (non-hydrogen) atoms. The highest BCUT2D eigenvalue weighted by atomic mass is 16.5. The normalized spacial score (nSPS) is 12.7. The molecular weight excluding hydrogens is 150 g/mol. The second-order valence-corrected chi connectivity index (χ2v) is 3.01. The molecule has 0 saturated heterocycles. The summed E-state index contributed by atoms with van der Waals surface area (Å²) in [6, 6.07) is 8.28. The third-order valence-electron chi connectivity index (χ3n) is 2.29. The molecule has 0 radical (unpaired) electrons. The van der Waals surface area contributed by atoms with Crippen molar-refractivity contribution in [1.29, 1.82) is 0 Å². The molecule has 0 atom stereocenters. The van der Waals surface area contributed by atoms with Crippen LogP contribution in [-0.2, 0) is 6.42 Å². The molecule has 0 spiro atoms. The van der Waals surface area contributed by atoms with Crippen molar-refractivity contribution >= 4 is 0 Å². The molecule has 2 nitrogen and oxygen atoms in total. The molecular formula is C10H7NO. The number of rotatable bonds is 0. The molecule has 1 aliphatic carbocycles. The van der Waals surface area contributed by atoms with E-state index in [2.05, 4.69) is 23.4 Å². The number of hydrogen-bond acceptors (Lipinski definition) is 2. The van der Waals surface area contributed by atoms with Gasteiger partial charge in [0.05, 0.1) is 6.20 Å². The summed E-state index contributed by atoms with van der Waals surface area (Å²) in [5.74, 6) is 0.950. The summed E-state index contributed by atoms with van der Waals surface area (Å²) in [5.41, 5.74) is 3.75. The summed E-state index contributed by atoms with van der Waals surface area (Å²) in [6.07, 6.45) is 2.77. The zero-order chi connectivity index (χ0) is 7.97. The summed E-state index contributed by atoms with van der Waals surface area (Å²) >= 11 is 0. The molecule has 1 aliphatic rings. The summed E-state index contributed by atoms with van der Waals surface area (Å²) in [5, 5.41) is 3.77. The van der Waals surface area contributed by atoms with E-state index in [1.807, 2.05) is 6.07 Å². The van der Waals surface area contributed by atoms with Crippen LogP contribution in [-0.4, -0.2) is 5.16 Å². The third-order valence-corrected chi connectivity index (χ3v) is 2.29. The third kappa shape index (κ3) is 0.619. The molecule has 0 N–H and O–H groups in total. The van der Waals surface area contributed by atoms with Gasteiger partial charge in [-0.25, -0.2) is 0 Å². The minimum absolute atomic E-state index is 0.950. The van der Waals surface area contributed by atoms with Crippen molar-refractivity contribution in [2.45, 2.75) is 6.42 Å². The Morgan fingerprint density at radius 1 is 1.17 bits per heavy atom. The fourth-order valence-corrected chi connectivity index (χ4v) is 1.71. The fraction of sp³-hybridized carbons (Fsp3) is 0.100. The number of hydrogen-bond donors (Lipinski definition) is 0. The SMILES string of the molecule is c1ccc2c(c1)Cc1cnoc1-2. The standard InChI is InChI=1S/C10H7NO/c1-2-4-9-7(3-1)5-8-6-11-12-10(8)9/h1-4,6H,5H2. The topological polar surface area (TPSA) is 26.0 Å². The van der Waals surface area contributed by atoms with E-state index in [-0.39, 0.29) is 0 Å². The summed E-state index contributed by atoms with van der Waals surface area (Å²) in [6.45, 7) is 0. The van der Waals surface area contributed by atoms with Crippen molar-refractivity contribution in [3.05, 3.63) is 41.6 Å². The first-order valence-corrected chi connectivity index (χ1v) is 3.97. The highest BCUT2D eigenvalue weighted by Gasteiger charge is 2.21. The molecule has 0 saturated carbocycles. The van der Waals surface area contributed by atoms with Crippen LogP contribution >= 0.6 is 0 Å². The average molecular weight is 157 g/mol. The Morgan fingerprint density at radius 3 is 3.08 bits per heavy atom. The summed E-state index contributed by atoms with van der Waals surface area (Å²) in [7, 11) is 0. The first-order valence-electron chi connectivity index (χ1n) is 3.97. The summed E-state index contributed by atoms with van der Waals surface area (Å²) < 4.78 is 5.15. The van der Waals surface area contributed by atoms with Gasteiger partial charge in [-0.3, -0.25) is 0 Å². The van der Waals surface area contributed by atoms with Crippen LogP contribution in [0, 0.1) is 0 Å². The maximum Gasteiger partial charge on any atom is 0.170 e. The van der Waals surface area contributed by atoms with E-state index >= 15 is 0 Å². The molecule has 0 fully saturated rings. The van der Waals surface area contributed by atoms with Crippen LogP contribution in [0.15, 0.2) is 35.0 Å². The van der Waals surface area contributed by atoms with Gasteiger partial charge in [-0.05, 0) is 5.56 Å². The van der Waals surface area contributed by atoms with Crippen molar-refractivity contribution < 1.29 is 4.52 Å². The van der Waals surface area contributed by atoms with Gasteiger partial charge in [0, 0.05) is 17.5 Å². The lowest BCUT2D eigenvalue weighted by molar-refractivity contribution is 0.432. The van der Waals surface area contributed by atoms with Crippen molar-refractivity contribution in [2.75, 3.05) is 0 Å². The number of aromatic nitrogens is 1. The lowest BCUT2D eigenvalue weighted by Crippen LogP contribution is -1.78. The van der Waals surface area contributed by atoms with Crippen LogP contribution in [0.4, 0.5) is 0 Å². The Kier molecular flexibility index (Phi) is 0.987.